The van der Waals surface area contributed by atoms with Gasteiger partial charge in [-0.3, -0.25) is 4.79 Å². The van der Waals surface area contributed by atoms with Crippen LogP contribution in [0.4, 0.5) is 0 Å². The smallest absolute Gasteiger partial charge is 0.237 e. The van der Waals surface area contributed by atoms with Crippen LogP contribution in [0.25, 0.3) is 0 Å². The fourth-order valence-electron chi connectivity index (χ4n) is 1.77. The summed E-state index contributed by atoms with van der Waals surface area (Å²) in [7, 11) is 0. The number of carbonyl (C=O) groups is 1. The first-order valence-electron chi connectivity index (χ1n) is 6.21. The van der Waals surface area contributed by atoms with Gasteiger partial charge in [0.2, 0.25) is 5.91 Å². The van der Waals surface area contributed by atoms with Crippen LogP contribution in [0.15, 0.2) is 24.3 Å². The molecule has 0 aromatic heterocycles. The van der Waals surface area contributed by atoms with Crippen molar-refractivity contribution in [1.82, 2.24) is 5.32 Å². The second-order valence-electron chi connectivity index (χ2n) is 5.02. The molecule has 0 unspecified atom stereocenters. The number of rotatable bonds is 5. The Morgan fingerprint density at radius 1 is 1.28 bits per heavy atom. The first-order valence-corrected chi connectivity index (χ1v) is 6.59. The van der Waals surface area contributed by atoms with Crippen LogP contribution in [0.1, 0.15) is 38.8 Å². The van der Waals surface area contributed by atoms with E-state index in [4.69, 9.17) is 17.3 Å². The summed E-state index contributed by atoms with van der Waals surface area (Å²) in [6, 6.07) is 6.93. The molecule has 0 aliphatic rings. The second kappa shape index (κ2) is 6.76. The van der Waals surface area contributed by atoms with Crippen molar-refractivity contribution in [1.29, 1.82) is 0 Å². The molecule has 1 amide bonds. The molecule has 3 nitrogen and oxygen atoms in total. The van der Waals surface area contributed by atoms with Crippen molar-refractivity contribution in [3.63, 3.8) is 0 Å². The maximum Gasteiger partial charge on any atom is 0.237 e. The molecule has 18 heavy (non-hydrogen) atoms. The van der Waals surface area contributed by atoms with Crippen LogP contribution in [0.3, 0.4) is 0 Å². The fraction of sp³-hybridized carbons (Fsp3) is 0.500. The number of carbonyl (C=O) groups excluding carboxylic acids is 1. The maximum absolute atomic E-state index is 11.9. The highest BCUT2D eigenvalue weighted by Crippen LogP contribution is 2.16. The Kier molecular flexibility index (Phi) is 5.63. The van der Waals surface area contributed by atoms with E-state index >= 15 is 0 Å². The average molecular weight is 269 g/mol. The highest BCUT2D eigenvalue weighted by molar-refractivity contribution is 6.30. The Morgan fingerprint density at radius 2 is 1.83 bits per heavy atom. The van der Waals surface area contributed by atoms with Crippen molar-refractivity contribution in [2.75, 3.05) is 0 Å². The molecule has 0 aliphatic carbocycles. The van der Waals surface area contributed by atoms with E-state index in [9.17, 15) is 4.79 Å². The first-order chi connectivity index (χ1) is 8.40. The molecule has 3 N–H and O–H groups in total. The van der Waals surface area contributed by atoms with Gasteiger partial charge >= 0.3 is 0 Å². The highest BCUT2D eigenvalue weighted by atomic mass is 35.5. The van der Waals surface area contributed by atoms with Crippen LogP contribution in [0.5, 0.6) is 0 Å². The lowest BCUT2D eigenvalue weighted by Crippen LogP contribution is -2.42. The third-order valence-corrected chi connectivity index (χ3v) is 3.04. The van der Waals surface area contributed by atoms with E-state index in [-0.39, 0.29) is 11.9 Å². The van der Waals surface area contributed by atoms with Gasteiger partial charge in [0.1, 0.15) is 0 Å². The zero-order valence-corrected chi connectivity index (χ0v) is 11.9. The molecule has 0 fully saturated rings. The van der Waals surface area contributed by atoms with E-state index in [0.717, 1.165) is 5.56 Å². The van der Waals surface area contributed by atoms with Gasteiger partial charge in [-0.15, -0.1) is 0 Å². The summed E-state index contributed by atoms with van der Waals surface area (Å²) in [4.78, 5) is 11.9. The minimum Gasteiger partial charge on any atom is -0.348 e. The Bertz CT molecular complexity index is 389. The van der Waals surface area contributed by atoms with Gasteiger partial charge in [-0.1, -0.05) is 37.6 Å². The molecule has 0 radical (unpaired) electrons. The van der Waals surface area contributed by atoms with Crippen molar-refractivity contribution in [3.8, 4) is 0 Å². The van der Waals surface area contributed by atoms with E-state index in [0.29, 0.717) is 17.4 Å². The van der Waals surface area contributed by atoms with Gasteiger partial charge in [-0.25, -0.2) is 0 Å². The zero-order valence-electron chi connectivity index (χ0n) is 11.1. The van der Waals surface area contributed by atoms with Gasteiger partial charge in [0.05, 0.1) is 12.1 Å². The second-order valence-corrected chi connectivity index (χ2v) is 5.45. The first kappa shape index (κ1) is 15.0. The van der Waals surface area contributed by atoms with Gasteiger partial charge in [-0.05, 0) is 37.0 Å². The molecule has 0 bridgehead atoms. The van der Waals surface area contributed by atoms with E-state index in [1.807, 2.05) is 31.2 Å². The molecule has 1 aromatic rings. The number of nitrogens with one attached hydrogen (secondary N) is 1. The lowest BCUT2D eigenvalue weighted by atomic mass is 10.0. The van der Waals surface area contributed by atoms with Crippen LogP contribution < -0.4 is 11.1 Å². The predicted octanol–water partition coefficient (Wildman–Crippen LogP) is 2.89. The van der Waals surface area contributed by atoms with Crippen molar-refractivity contribution < 1.29 is 4.79 Å². The van der Waals surface area contributed by atoms with Gasteiger partial charge in [0, 0.05) is 5.02 Å². The van der Waals surface area contributed by atoms with E-state index < -0.39 is 6.04 Å². The molecule has 0 saturated carbocycles. The summed E-state index contributed by atoms with van der Waals surface area (Å²) >= 11 is 5.82. The quantitative estimate of drug-likeness (QED) is 0.863. The monoisotopic (exact) mass is 268 g/mol. The predicted molar refractivity (Wildman–Crippen MR) is 75.4 cm³/mol. The minimum absolute atomic E-state index is 0.0621. The molecule has 1 rings (SSSR count). The molecule has 2 atom stereocenters. The molecule has 4 heteroatoms. The van der Waals surface area contributed by atoms with Gasteiger partial charge in [-0.2, -0.15) is 0 Å². The third-order valence-electron chi connectivity index (χ3n) is 2.79. The number of amides is 1. The Balaban J connectivity index is 2.56. The summed E-state index contributed by atoms with van der Waals surface area (Å²) in [6.07, 6.45) is 0.694. The number of benzene rings is 1. The average Bonchev–Trinajstić information content (AvgIpc) is 2.28. The van der Waals surface area contributed by atoms with E-state index in [1.165, 1.54) is 0 Å². The Hall–Kier alpha value is -1.06. The van der Waals surface area contributed by atoms with Gasteiger partial charge < -0.3 is 11.1 Å². The number of nitrogens with two attached hydrogens (primary N) is 1. The molecular weight excluding hydrogens is 248 g/mol. The van der Waals surface area contributed by atoms with Crippen molar-refractivity contribution in [2.24, 2.45) is 11.7 Å². The Morgan fingerprint density at radius 3 is 2.33 bits per heavy atom. The van der Waals surface area contributed by atoms with Crippen molar-refractivity contribution in [2.45, 2.75) is 39.3 Å². The molecule has 1 aromatic carbocycles. The zero-order chi connectivity index (χ0) is 13.7. The van der Waals surface area contributed by atoms with Crippen LogP contribution in [0.2, 0.25) is 5.02 Å². The van der Waals surface area contributed by atoms with Crippen molar-refractivity contribution >= 4 is 17.5 Å². The highest BCUT2D eigenvalue weighted by Gasteiger charge is 2.17. The fourth-order valence-corrected chi connectivity index (χ4v) is 1.90. The van der Waals surface area contributed by atoms with Crippen LogP contribution in [0, 0.1) is 5.92 Å². The van der Waals surface area contributed by atoms with E-state index in [2.05, 4.69) is 19.2 Å². The summed E-state index contributed by atoms with van der Waals surface area (Å²) in [5.41, 5.74) is 6.85. The van der Waals surface area contributed by atoms with Gasteiger partial charge in [0.25, 0.3) is 0 Å². The molecular formula is C14H21ClN2O. The molecule has 0 spiro atoms. The normalized spacial score (nSPS) is 14.3. The van der Waals surface area contributed by atoms with Gasteiger partial charge in [0.15, 0.2) is 0 Å². The molecule has 0 aliphatic heterocycles. The lowest BCUT2D eigenvalue weighted by Gasteiger charge is -2.19. The largest absolute Gasteiger partial charge is 0.348 e. The SMILES string of the molecule is CC(C)C[C@H](N)C(=O)N[C@H](C)c1ccc(Cl)cc1. The molecule has 0 heterocycles. The topological polar surface area (TPSA) is 55.1 Å². The summed E-state index contributed by atoms with van der Waals surface area (Å²) < 4.78 is 0. The number of halogens is 1. The lowest BCUT2D eigenvalue weighted by molar-refractivity contribution is -0.123. The maximum atomic E-state index is 11.9. The number of hydrogen-bond acceptors (Lipinski definition) is 2. The summed E-state index contributed by atoms with van der Waals surface area (Å²) in [5, 5.41) is 3.60. The number of hydrogen-bond donors (Lipinski definition) is 2. The summed E-state index contributed by atoms with van der Waals surface area (Å²) in [5.74, 6) is 0.308. The van der Waals surface area contributed by atoms with Crippen LogP contribution in [-0.4, -0.2) is 11.9 Å². The Labute approximate surface area is 114 Å². The summed E-state index contributed by atoms with van der Waals surface area (Å²) in [6.45, 7) is 6.04. The minimum atomic E-state index is -0.445. The van der Waals surface area contributed by atoms with Crippen molar-refractivity contribution in [3.05, 3.63) is 34.9 Å². The van der Waals surface area contributed by atoms with Crippen LogP contribution >= 0.6 is 11.6 Å². The van der Waals surface area contributed by atoms with Crippen LogP contribution in [-0.2, 0) is 4.79 Å². The standard InChI is InChI=1S/C14H21ClN2O/c1-9(2)8-13(16)14(18)17-10(3)11-4-6-12(15)7-5-11/h4-7,9-10,13H,8,16H2,1-3H3,(H,17,18)/t10-,13+/m1/s1. The molecule has 100 valence electrons. The third kappa shape index (κ3) is 4.67. The van der Waals surface area contributed by atoms with E-state index in [1.54, 1.807) is 0 Å². The molecule has 0 saturated heterocycles.